The van der Waals surface area contributed by atoms with Crippen molar-refractivity contribution >= 4 is 39.9 Å². The Balaban J connectivity index is 0.00000385. The van der Waals surface area contributed by atoms with Crippen molar-refractivity contribution in [3.05, 3.63) is 46.9 Å². The molecule has 0 aliphatic carbocycles. The van der Waals surface area contributed by atoms with Crippen molar-refractivity contribution < 1.29 is 71.7 Å². The summed E-state index contributed by atoms with van der Waals surface area (Å²) >= 11 is 0. The third-order valence-corrected chi connectivity index (χ3v) is 6.40. The van der Waals surface area contributed by atoms with Crippen molar-refractivity contribution in [1.82, 2.24) is 15.2 Å². The van der Waals surface area contributed by atoms with Crippen molar-refractivity contribution in [1.29, 1.82) is 0 Å². The molecule has 1 unspecified atom stereocenters. The van der Waals surface area contributed by atoms with Crippen molar-refractivity contribution in [2.24, 2.45) is 0 Å². The zero-order chi connectivity index (χ0) is 23.5. The van der Waals surface area contributed by atoms with E-state index < -0.39 is 63.8 Å². The van der Waals surface area contributed by atoms with Gasteiger partial charge in [0.25, 0.3) is 5.91 Å². The van der Waals surface area contributed by atoms with E-state index >= 15 is 0 Å². The first-order valence-corrected chi connectivity index (χ1v) is 11.0. The number of amides is 2. The second-order valence-electron chi connectivity index (χ2n) is 6.66. The van der Waals surface area contributed by atoms with Crippen LogP contribution in [0.4, 0.5) is 4.79 Å². The molecule has 0 radical (unpaired) electrons. The number of β-lactam (4-membered cyclic amide) rings is 1. The van der Waals surface area contributed by atoms with E-state index in [1.54, 1.807) is 25.1 Å². The van der Waals surface area contributed by atoms with Crippen LogP contribution in [-0.2, 0) is 33.7 Å². The molecule has 3 rings (SSSR count). The number of hydrogen-bond acceptors (Lipinski definition) is 10. The van der Waals surface area contributed by atoms with Gasteiger partial charge in [-0.05, 0) is 25.1 Å². The van der Waals surface area contributed by atoms with Crippen LogP contribution in [-0.4, -0.2) is 73.1 Å². The molecular weight excluding hydrogens is 469 g/mol. The standard InChI is InChI=1S/C19H19N3O9S.Na/c1-2-30-14(23)8-21-19(27)31-9-11-10-32(28,29)17-13(7-12-5-3-4-6-20-12)16(24)22(17)15(11)18(25)26;/h3-7,17H,2,8-10H2,1H3,(H,21,27)(H,25,26);/q;+1/p-1/b13-7-;. The summed E-state index contributed by atoms with van der Waals surface area (Å²) in [6, 6.07) is 4.84. The smallest absolute Gasteiger partial charge is 0.543 e. The molecule has 1 N–H and O–H groups in total. The number of ether oxygens (including phenoxy) is 2. The molecule has 1 aromatic rings. The first-order valence-electron chi connectivity index (χ1n) is 9.33. The topological polar surface area (TPSA) is 172 Å². The third-order valence-electron chi connectivity index (χ3n) is 4.50. The molecule has 3 heterocycles. The van der Waals surface area contributed by atoms with Crippen molar-refractivity contribution in [2.75, 3.05) is 25.5 Å². The molecule has 1 saturated heterocycles. The summed E-state index contributed by atoms with van der Waals surface area (Å²) in [5.74, 6) is -4.12. The molecule has 0 bridgehead atoms. The Bertz CT molecular complexity index is 1130. The quantitative estimate of drug-likeness (QED) is 0.171. The summed E-state index contributed by atoms with van der Waals surface area (Å²) in [7, 11) is -4.05. The van der Waals surface area contributed by atoms with Crippen LogP contribution >= 0.6 is 0 Å². The summed E-state index contributed by atoms with van der Waals surface area (Å²) < 4.78 is 35.0. The molecule has 170 valence electrons. The van der Waals surface area contributed by atoms with E-state index in [0.717, 1.165) is 0 Å². The molecule has 1 aromatic heterocycles. The van der Waals surface area contributed by atoms with Gasteiger partial charge in [0.1, 0.15) is 13.2 Å². The fourth-order valence-corrected chi connectivity index (χ4v) is 5.17. The number of nitrogens with zero attached hydrogens (tertiary/aromatic N) is 2. The minimum absolute atomic E-state index is 0. The Morgan fingerprint density at radius 1 is 1.30 bits per heavy atom. The van der Waals surface area contributed by atoms with Crippen LogP contribution in [0.15, 0.2) is 41.2 Å². The van der Waals surface area contributed by atoms with Crippen LogP contribution in [0.2, 0.25) is 0 Å². The molecule has 2 amide bonds. The van der Waals surface area contributed by atoms with Gasteiger partial charge in [-0.1, -0.05) is 6.07 Å². The van der Waals surface area contributed by atoms with Gasteiger partial charge in [-0.2, -0.15) is 0 Å². The van der Waals surface area contributed by atoms with Crippen LogP contribution in [0.1, 0.15) is 12.6 Å². The number of aliphatic carboxylic acids is 1. The number of carbonyl (C=O) groups is 4. The van der Waals surface area contributed by atoms with Gasteiger partial charge in [0.05, 0.1) is 35.3 Å². The van der Waals surface area contributed by atoms with E-state index in [4.69, 9.17) is 4.74 Å². The van der Waals surface area contributed by atoms with Gasteiger partial charge in [-0.25, -0.2) is 13.2 Å². The summed E-state index contributed by atoms with van der Waals surface area (Å²) in [6.07, 6.45) is 1.63. The number of pyridine rings is 1. The van der Waals surface area contributed by atoms with Crippen LogP contribution in [0.25, 0.3) is 6.08 Å². The van der Waals surface area contributed by atoms with E-state index in [-0.39, 0.29) is 47.3 Å². The second-order valence-corrected chi connectivity index (χ2v) is 8.72. The van der Waals surface area contributed by atoms with Crippen molar-refractivity contribution in [3.8, 4) is 0 Å². The molecule has 0 aromatic carbocycles. The maximum Gasteiger partial charge on any atom is 1.00 e. The Labute approximate surface area is 210 Å². The molecule has 14 heteroatoms. The molecule has 2 aliphatic heterocycles. The molecule has 1 fully saturated rings. The van der Waals surface area contributed by atoms with Gasteiger partial charge >= 0.3 is 41.6 Å². The van der Waals surface area contributed by atoms with Crippen LogP contribution < -0.4 is 40.0 Å². The third kappa shape index (κ3) is 5.79. The Morgan fingerprint density at radius 3 is 2.64 bits per heavy atom. The van der Waals surface area contributed by atoms with Gasteiger partial charge in [0.15, 0.2) is 15.2 Å². The summed E-state index contributed by atoms with van der Waals surface area (Å²) in [5.41, 5.74) is -0.810. The number of nitrogens with one attached hydrogen (secondary N) is 1. The molecule has 0 saturated carbocycles. The first-order chi connectivity index (χ1) is 15.2. The zero-order valence-electron chi connectivity index (χ0n) is 17.8. The maximum atomic E-state index is 12.8. The van der Waals surface area contributed by atoms with Gasteiger partial charge < -0.3 is 24.7 Å². The average Bonchev–Trinajstić information content (AvgIpc) is 2.74. The summed E-state index contributed by atoms with van der Waals surface area (Å²) in [5, 5.41) is 12.3. The van der Waals surface area contributed by atoms with Crippen LogP contribution in [0.3, 0.4) is 0 Å². The van der Waals surface area contributed by atoms with E-state index in [9.17, 15) is 32.7 Å². The predicted octanol–water partition coefficient (Wildman–Crippen LogP) is -4.64. The molecular formula is C19H18N3NaO9S. The number of carboxylic acids is 1. The van der Waals surface area contributed by atoms with Crippen molar-refractivity contribution in [3.63, 3.8) is 0 Å². The maximum absolute atomic E-state index is 12.8. The second kappa shape index (κ2) is 10.9. The largest absolute Gasteiger partial charge is 1.00 e. The van der Waals surface area contributed by atoms with Crippen LogP contribution in [0, 0.1) is 0 Å². The molecule has 0 spiro atoms. The number of aromatic nitrogens is 1. The van der Waals surface area contributed by atoms with Crippen molar-refractivity contribution in [2.45, 2.75) is 12.3 Å². The van der Waals surface area contributed by atoms with E-state index in [1.807, 2.05) is 0 Å². The predicted molar refractivity (Wildman–Crippen MR) is 105 cm³/mol. The number of esters is 1. The minimum atomic E-state index is -4.05. The fraction of sp³-hybridized carbons (Fsp3) is 0.316. The van der Waals surface area contributed by atoms with Crippen LogP contribution in [0.5, 0.6) is 0 Å². The van der Waals surface area contributed by atoms with Gasteiger partial charge in [0.2, 0.25) is 0 Å². The number of fused-ring (bicyclic) bond motifs is 1. The molecule has 33 heavy (non-hydrogen) atoms. The Morgan fingerprint density at radius 2 is 2.03 bits per heavy atom. The summed E-state index contributed by atoms with van der Waals surface area (Å²) in [4.78, 5) is 51.9. The molecule has 12 nitrogen and oxygen atoms in total. The van der Waals surface area contributed by atoms with E-state index in [0.29, 0.717) is 10.6 Å². The number of rotatable bonds is 7. The number of hydrogen-bond donors (Lipinski definition) is 1. The van der Waals surface area contributed by atoms with Gasteiger partial charge in [0, 0.05) is 11.8 Å². The Hall–Kier alpha value is -2.74. The normalized spacial score (nSPS) is 19.7. The number of carboxylic acid groups (broad SMARTS) is 1. The number of sulfone groups is 1. The SMILES string of the molecule is CCOC(=O)CNC(=O)OCC1=C(C(=O)[O-])N2C(=O)/C(=C/c3ccccn3)C2S(=O)(=O)C1.[Na+]. The first kappa shape index (κ1) is 26.5. The van der Waals surface area contributed by atoms with Gasteiger partial charge in [-0.15, -0.1) is 0 Å². The number of alkyl carbamates (subject to hydrolysis) is 1. The minimum Gasteiger partial charge on any atom is -0.543 e. The molecule has 1 atom stereocenters. The average molecular weight is 487 g/mol. The molecule has 2 aliphatic rings. The summed E-state index contributed by atoms with van der Waals surface area (Å²) in [6.45, 7) is 0.449. The van der Waals surface area contributed by atoms with E-state index in [2.05, 4.69) is 15.0 Å². The Kier molecular flexibility index (Phi) is 8.77. The monoisotopic (exact) mass is 487 g/mol. The van der Waals surface area contributed by atoms with Gasteiger partial charge in [-0.3, -0.25) is 19.5 Å². The number of carbonyl (C=O) groups excluding carboxylic acids is 4. The fourth-order valence-electron chi connectivity index (χ4n) is 3.22. The van der Waals surface area contributed by atoms with E-state index in [1.165, 1.54) is 12.3 Å². The zero-order valence-corrected chi connectivity index (χ0v) is 20.6.